The number of benzene rings is 3. The first-order valence-electron chi connectivity index (χ1n) is 8.31. The van der Waals surface area contributed by atoms with Crippen LogP contribution in [0.1, 0.15) is 24.2 Å². The van der Waals surface area contributed by atoms with Crippen LogP contribution in [0.4, 0.5) is 0 Å². The van der Waals surface area contributed by atoms with E-state index in [1.807, 2.05) is 74.5 Å². The summed E-state index contributed by atoms with van der Waals surface area (Å²) < 4.78 is 11.7. The summed E-state index contributed by atoms with van der Waals surface area (Å²) in [5.41, 5.74) is 2.31. The largest absolute Gasteiger partial charge is 0.485 e. The molecule has 4 aromatic rings. The first kappa shape index (κ1) is 15.5. The van der Waals surface area contributed by atoms with Crippen LogP contribution < -0.4 is 10.4 Å². The van der Waals surface area contributed by atoms with Crippen molar-refractivity contribution in [3.63, 3.8) is 0 Å². The van der Waals surface area contributed by atoms with Crippen LogP contribution in [0, 0.1) is 6.92 Å². The highest BCUT2D eigenvalue weighted by atomic mass is 16.5. The zero-order valence-electron chi connectivity index (χ0n) is 14.2. The van der Waals surface area contributed by atoms with Crippen molar-refractivity contribution in [1.29, 1.82) is 0 Å². The van der Waals surface area contributed by atoms with E-state index >= 15 is 0 Å². The average molecular weight is 330 g/mol. The van der Waals surface area contributed by atoms with Gasteiger partial charge in [-0.2, -0.15) is 0 Å². The lowest BCUT2D eigenvalue weighted by molar-refractivity contribution is 0.230. The Labute approximate surface area is 145 Å². The quantitative estimate of drug-likeness (QED) is 0.373. The van der Waals surface area contributed by atoms with Gasteiger partial charge in [-0.05, 0) is 37.1 Å². The molecule has 1 atom stereocenters. The lowest BCUT2D eigenvalue weighted by atomic mass is 10.0. The van der Waals surface area contributed by atoms with Crippen LogP contribution in [0.3, 0.4) is 0 Å². The molecule has 1 aromatic heterocycles. The molecule has 0 spiro atoms. The summed E-state index contributed by atoms with van der Waals surface area (Å²) in [6.45, 7) is 3.95. The van der Waals surface area contributed by atoms with Crippen molar-refractivity contribution in [2.24, 2.45) is 0 Å². The second-order valence-corrected chi connectivity index (χ2v) is 6.21. The smallest absolute Gasteiger partial charge is 0.336 e. The van der Waals surface area contributed by atoms with E-state index in [-0.39, 0.29) is 11.7 Å². The summed E-state index contributed by atoms with van der Waals surface area (Å²) in [7, 11) is 0. The maximum Gasteiger partial charge on any atom is 0.336 e. The first-order valence-corrected chi connectivity index (χ1v) is 8.31. The molecule has 3 aromatic carbocycles. The fraction of sp³-hybridized carbons (Fsp3) is 0.136. The van der Waals surface area contributed by atoms with Gasteiger partial charge in [0.05, 0.1) is 0 Å². The molecule has 1 heterocycles. The topological polar surface area (TPSA) is 39.4 Å². The van der Waals surface area contributed by atoms with Crippen LogP contribution in [0.5, 0.6) is 5.75 Å². The second kappa shape index (κ2) is 6.10. The molecule has 4 rings (SSSR count). The Morgan fingerprint density at radius 2 is 1.64 bits per heavy atom. The van der Waals surface area contributed by atoms with E-state index in [4.69, 9.17) is 9.15 Å². The molecule has 25 heavy (non-hydrogen) atoms. The summed E-state index contributed by atoms with van der Waals surface area (Å²) in [6.07, 6.45) is -0.0768. The standard InChI is InChI=1S/C22H18O3/c1-14-13-21(23)25-22-17(14)11-12-18-19(22)9-6-10-20(18)24-15(2)16-7-4-3-5-8-16/h3-13,15H,1-2H3. The Hall–Kier alpha value is -3.07. The molecule has 0 saturated carbocycles. The summed E-state index contributed by atoms with van der Waals surface area (Å²) in [5, 5.41) is 2.77. The lowest BCUT2D eigenvalue weighted by Gasteiger charge is -2.17. The van der Waals surface area contributed by atoms with E-state index in [9.17, 15) is 4.79 Å². The third-order valence-corrected chi connectivity index (χ3v) is 4.51. The number of hydrogen-bond acceptors (Lipinski definition) is 3. The van der Waals surface area contributed by atoms with Crippen molar-refractivity contribution in [3.8, 4) is 5.75 Å². The van der Waals surface area contributed by atoms with E-state index in [0.29, 0.717) is 5.58 Å². The van der Waals surface area contributed by atoms with Crippen LogP contribution in [-0.4, -0.2) is 0 Å². The summed E-state index contributed by atoms with van der Waals surface area (Å²) in [6, 6.07) is 21.5. The van der Waals surface area contributed by atoms with Crippen molar-refractivity contribution < 1.29 is 9.15 Å². The van der Waals surface area contributed by atoms with Gasteiger partial charge in [-0.1, -0.05) is 48.5 Å². The van der Waals surface area contributed by atoms with Gasteiger partial charge >= 0.3 is 5.63 Å². The Kier molecular flexibility index (Phi) is 3.77. The number of rotatable bonds is 3. The Bertz CT molecular complexity index is 1110. The van der Waals surface area contributed by atoms with Gasteiger partial charge in [-0.3, -0.25) is 0 Å². The van der Waals surface area contributed by atoms with Crippen LogP contribution >= 0.6 is 0 Å². The minimum atomic E-state index is -0.332. The molecular weight excluding hydrogens is 312 g/mol. The Balaban J connectivity index is 1.86. The molecule has 0 fully saturated rings. The number of hydrogen-bond donors (Lipinski definition) is 0. The lowest BCUT2D eigenvalue weighted by Crippen LogP contribution is -2.03. The van der Waals surface area contributed by atoms with Gasteiger partial charge < -0.3 is 9.15 Å². The van der Waals surface area contributed by atoms with E-state index in [1.54, 1.807) is 0 Å². The summed E-state index contributed by atoms with van der Waals surface area (Å²) in [4.78, 5) is 11.8. The van der Waals surface area contributed by atoms with Gasteiger partial charge in [-0.15, -0.1) is 0 Å². The average Bonchev–Trinajstić information content (AvgIpc) is 2.62. The SMILES string of the molecule is Cc1cc(=O)oc2c1ccc1c(OC(C)c3ccccc3)cccc12. The minimum absolute atomic E-state index is 0.0768. The van der Waals surface area contributed by atoms with Gasteiger partial charge in [0.15, 0.2) is 0 Å². The fourth-order valence-corrected chi connectivity index (χ4v) is 3.19. The molecule has 0 N–H and O–H groups in total. The molecule has 0 radical (unpaired) electrons. The van der Waals surface area contributed by atoms with Gasteiger partial charge in [0, 0.05) is 22.2 Å². The van der Waals surface area contributed by atoms with Crippen molar-refractivity contribution in [3.05, 3.63) is 88.3 Å². The fourth-order valence-electron chi connectivity index (χ4n) is 3.19. The maximum atomic E-state index is 11.8. The third-order valence-electron chi connectivity index (χ3n) is 4.51. The van der Waals surface area contributed by atoms with E-state index in [0.717, 1.165) is 33.0 Å². The van der Waals surface area contributed by atoms with Crippen molar-refractivity contribution >= 4 is 21.7 Å². The Morgan fingerprint density at radius 3 is 2.44 bits per heavy atom. The molecule has 0 aliphatic heterocycles. The number of ether oxygens (including phenoxy) is 1. The van der Waals surface area contributed by atoms with Crippen LogP contribution in [-0.2, 0) is 0 Å². The number of aryl methyl sites for hydroxylation is 1. The van der Waals surface area contributed by atoms with Gasteiger partial charge in [0.1, 0.15) is 17.4 Å². The van der Waals surface area contributed by atoms with Crippen molar-refractivity contribution in [2.45, 2.75) is 20.0 Å². The summed E-state index contributed by atoms with van der Waals surface area (Å²) in [5.74, 6) is 0.778. The van der Waals surface area contributed by atoms with Gasteiger partial charge in [-0.25, -0.2) is 4.79 Å². The molecule has 0 aliphatic rings. The van der Waals surface area contributed by atoms with Gasteiger partial charge in [0.25, 0.3) is 0 Å². The highest BCUT2D eigenvalue weighted by Crippen LogP contribution is 2.34. The van der Waals surface area contributed by atoms with Crippen LogP contribution in [0.25, 0.3) is 21.7 Å². The van der Waals surface area contributed by atoms with Crippen LogP contribution in [0.15, 0.2) is 75.9 Å². The molecule has 124 valence electrons. The highest BCUT2D eigenvalue weighted by molar-refractivity contribution is 6.07. The second-order valence-electron chi connectivity index (χ2n) is 6.21. The highest BCUT2D eigenvalue weighted by Gasteiger charge is 2.12. The normalized spacial score (nSPS) is 12.4. The van der Waals surface area contributed by atoms with E-state index in [1.165, 1.54) is 6.07 Å². The predicted octanol–water partition coefficient (Wildman–Crippen LogP) is 5.39. The van der Waals surface area contributed by atoms with E-state index < -0.39 is 0 Å². The zero-order chi connectivity index (χ0) is 17.4. The molecule has 3 nitrogen and oxygen atoms in total. The molecule has 0 saturated heterocycles. The predicted molar refractivity (Wildman–Crippen MR) is 100 cm³/mol. The monoisotopic (exact) mass is 330 g/mol. The maximum absolute atomic E-state index is 11.8. The van der Waals surface area contributed by atoms with Crippen molar-refractivity contribution in [2.75, 3.05) is 0 Å². The van der Waals surface area contributed by atoms with E-state index in [2.05, 4.69) is 0 Å². The minimum Gasteiger partial charge on any atom is -0.485 e. The molecule has 0 aliphatic carbocycles. The molecular formula is C22H18O3. The zero-order valence-corrected chi connectivity index (χ0v) is 14.2. The van der Waals surface area contributed by atoms with Gasteiger partial charge in [0.2, 0.25) is 0 Å². The van der Waals surface area contributed by atoms with Crippen molar-refractivity contribution in [1.82, 2.24) is 0 Å². The molecule has 0 amide bonds. The molecule has 0 bridgehead atoms. The molecule has 3 heteroatoms. The number of fused-ring (bicyclic) bond motifs is 3. The third kappa shape index (κ3) is 2.78. The Morgan fingerprint density at radius 1 is 0.880 bits per heavy atom. The molecule has 1 unspecified atom stereocenters. The first-order chi connectivity index (χ1) is 12.1. The summed E-state index contributed by atoms with van der Waals surface area (Å²) >= 11 is 0. The van der Waals surface area contributed by atoms with Crippen LogP contribution in [0.2, 0.25) is 0 Å².